The highest BCUT2D eigenvalue weighted by atomic mass is 19.1. The second-order valence-electron chi connectivity index (χ2n) is 4.57. The maximum absolute atomic E-state index is 13.6. The molecule has 0 bridgehead atoms. The summed E-state index contributed by atoms with van der Waals surface area (Å²) < 4.78 is 18.5. The van der Waals surface area contributed by atoms with Crippen LogP contribution in [0.3, 0.4) is 0 Å². The predicted octanol–water partition coefficient (Wildman–Crippen LogP) is 2.23. The van der Waals surface area contributed by atoms with Crippen LogP contribution in [-0.2, 0) is 4.74 Å². The summed E-state index contributed by atoms with van der Waals surface area (Å²) in [7, 11) is 1.59. The lowest BCUT2D eigenvalue weighted by Crippen LogP contribution is -2.17. The summed E-state index contributed by atoms with van der Waals surface area (Å²) in [4.78, 5) is 20.5. The van der Waals surface area contributed by atoms with Gasteiger partial charge in [-0.1, -0.05) is 12.1 Å². The molecule has 1 aromatic heterocycles. The molecule has 22 heavy (non-hydrogen) atoms. The van der Waals surface area contributed by atoms with E-state index in [-0.39, 0.29) is 11.4 Å². The summed E-state index contributed by atoms with van der Waals surface area (Å²) >= 11 is 0. The van der Waals surface area contributed by atoms with E-state index < -0.39 is 11.7 Å². The predicted molar refractivity (Wildman–Crippen MR) is 81.5 cm³/mol. The minimum Gasteiger partial charge on any atom is -0.383 e. The van der Waals surface area contributed by atoms with Crippen molar-refractivity contribution >= 4 is 17.5 Å². The quantitative estimate of drug-likeness (QED) is 0.800. The van der Waals surface area contributed by atoms with Crippen molar-refractivity contribution in [3.05, 3.63) is 47.5 Å². The molecule has 0 saturated carbocycles. The van der Waals surface area contributed by atoms with Crippen LogP contribution in [-0.4, -0.2) is 36.1 Å². The van der Waals surface area contributed by atoms with E-state index in [1.807, 2.05) is 0 Å². The van der Waals surface area contributed by atoms with Gasteiger partial charge in [0.05, 0.1) is 12.3 Å². The van der Waals surface area contributed by atoms with Gasteiger partial charge in [-0.25, -0.2) is 14.4 Å². The molecule has 1 heterocycles. The molecule has 7 heteroatoms. The minimum atomic E-state index is -0.500. The molecule has 2 rings (SSSR count). The summed E-state index contributed by atoms with van der Waals surface area (Å²) in [5.74, 6) is -0.666. The van der Waals surface area contributed by atoms with E-state index in [9.17, 15) is 9.18 Å². The minimum absolute atomic E-state index is 0.109. The van der Waals surface area contributed by atoms with Gasteiger partial charge >= 0.3 is 0 Å². The normalized spacial score (nSPS) is 10.3. The first-order valence-electron chi connectivity index (χ1n) is 6.74. The summed E-state index contributed by atoms with van der Waals surface area (Å²) in [5, 5.41) is 5.45. The molecule has 0 saturated heterocycles. The highest BCUT2D eigenvalue weighted by Crippen LogP contribution is 2.14. The van der Waals surface area contributed by atoms with Gasteiger partial charge in [0.2, 0.25) is 5.95 Å². The van der Waals surface area contributed by atoms with E-state index in [2.05, 4.69) is 20.6 Å². The molecule has 0 aliphatic rings. The van der Waals surface area contributed by atoms with Crippen molar-refractivity contribution in [2.45, 2.75) is 6.92 Å². The van der Waals surface area contributed by atoms with Crippen LogP contribution in [0.1, 0.15) is 16.2 Å². The van der Waals surface area contributed by atoms with Crippen LogP contribution in [0.5, 0.6) is 0 Å². The molecule has 116 valence electrons. The highest BCUT2D eigenvalue weighted by Gasteiger charge is 2.12. The fourth-order valence-corrected chi connectivity index (χ4v) is 1.78. The van der Waals surface area contributed by atoms with Crippen molar-refractivity contribution < 1.29 is 13.9 Å². The van der Waals surface area contributed by atoms with E-state index in [4.69, 9.17) is 4.74 Å². The molecule has 0 atom stereocenters. The largest absolute Gasteiger partial charge is 0.383 e. The van der Waals surface area contributed by atoms with Crippen molar-refractivity contribution in [2.24, 2.45) is 0 Å². The number of carbonyl (C=O) groups excluding carboxylic acids is 1. The van der Waals surface area contributed by atoms with E-state index >= 15 is 0 Å². The van der Waals surface area contributed by atoms with Crippen LogP contribution in [0.4, 0.5) is 16.0 Å². The molecule has 1 amide bonds. The first kappa shape index (κ1) is 15.8. The van der Waals surface area contributed by atoms with Gasteiger partial charge in [-0.3, -0.25) is 4.79 Å². The second-order valence-corrected chi connectivity index (χ2v) is 4.57. The lowest BCUT2D eigenvalue weighted by atomic mass is 10.2. The number of rotatable bonds is 6. The number of para-hydroxylation sites is 1. The molecule has 0 radical (unpaired) electrons. The molecule has 0 aliphatic heterocycles. The number of halogens is 1. The number of aromatic nitrogens is 2. The number of nitrogens with zero attached hydrogens (tertiary/aromatic N) is 2. The van der Waals surface area contributed by atoms with Crippen LogP contribution in [0.15, 0.2) is 30.3 Å². The number of anilines is 2. The first-order chi connectivity index (χ1) is 10.6. The van der Waals surface area contributed by atoms with Crippen molar-refractivity contribution in [1.82, 2.24) is 9.97 Å². The molecule has 1 aromatic carbocycles. The van der Waals surface area contributed by atoms with Gasteiger partial charge in [-0.2, -0.15) is 0 Å². The third-order valence-electron chi connectivity index (χ3n) is 2.80. The Balaban J connectivity index is 2.13. The Morgan fingerprint density at radius 1 is 1.32 bits per heavy atom. The number of hydrogen-bond donors (Lipinski definition) is 2. The fraction of sp³-hybridized carbons (Fsp3) is 0.267. The Labute approximate surface area is 127 Å². The van der Waals surface area contributed by atoms with Crippen molar-refractivity contribution in [1.29, 1.82) is 0 Å². The van der Waals surface area contributed by atoms with Gasteiger partial charge in [0.15, 0.2) is 0 Å². The van der Waals surface area contributed by atoms with Crippen molar-refractivity contribution in [2.75, 3.05) is 30.9 Å². The van der Waals surface area contributed by atoms with Crippen LogP contribution in [0.2, 0.25) is 0 Å². The number of hydrogen-bond acceptors (Lipinski definition) is 5. The second kappa shape index (κ2) is 7.46. The van der Waals surface area contributed by atoms with E-state index in [0.717, 1.165) is 0 Å². The molecule has 6 nitrogen and oxygen atoms in total. The monoisotopic (exact) mass is 304 g/mol. The zero-order chi connectivity index (χ0) is 15.9. The van der Waals surface area contributed by atoms with Gasteiger partial charge in [-0.15, -0.1) is 0 Å². The number of methoxy groups -OCH3 is 1. The van der Waals surface area contributed by atoms with Gasteiger partial charge in [0.25, 0.3) is 5.91 Å². The molecule has 0 fully saturated rings. The number of benzene rings is 1. The zero-order valence-corrected chi connectivity index (χ0v) is 12.4. The van der Waals surface area contributed by atoms with Crippen molar-refractivity contribution in [3.63, 3.8) is 0 Å². The Morgan fingerprint density at radius 2 is 2.09 bits per heavy atom. The number of nitrogens with one attached hydrogen (secondary N) is 2. The lowest BCUT2D eigenvalue weighted by Gasteiger charge is -2.09. The fourth-order valence-electron chi connectivity index (χ4n) is 1.78. The van der Waals surface area contributed by atoms with E-state index in [0.29, 0.717) is 24.8 Å². The molecule has 2 aromatic rings. The highest BCUT2D eigenvalue weighted by molar-refractivity contribution is 6.03. The third-order valence-corrected chi connectivity index (χ3v) is 2.80. The van der Waals surface area contributed by atoms with Crippen molar-refractivity contribution in [3.8, 4) is 0 Å². The van der Waals surface area contributed by atoms with Crippen LogP contribution < -0.4 is 10.6 Å². The maximum Gasteiger partial charge on any atom is 0.274 e. The molecular weight excluding hydrogens is 287 g/mol. The smallest absolute Gasteiger partial charge is 0.274 e. The first-order valence-corrected chi connectivity index (χ1v) is 6.74. The average Bonchev–Trinajstić information content (AvgIpc) is 2.49. The Kier molecular flexibility index (Phi) is 5.37. The number of amides is 1. The Hall–Kier alpha value is -2.54. The summed E-state index contributed by atoms with van der Waals surface area (Å²) in [6.45, 7) is 2.77. The Bertz CT molecular complexity index is 664. The molecule has 0 aliphatic carbocycles. The maximum atomic E-state index is 13.6. The number of aryl methyl sites for hydroxylation is 1. The van der Waals surface area contributed by atoms with Gasteiger partial charge in [0.1, 0.15) is 11.5 Å². The van der Waals surface area contributed by atoms with Gasteiger partial charge in [0, 0.05) is 19.3 Å². The molecule has 0 spiro atoms. The van der Waals surface area contributed by atoms with Gasteiger partial charge in [-0.05, 0) is 25.1 Å². The molecule has 2 N–H and O–H groups in total. The lowest BCUT2D eigenvalue weighted by molar-refractivity contribution is 0.102. The van der Waals surface area contributed by atoms with Crippen LogP contribution >= 0.6 is 0 Å². The zero-order valence-electron chi connectivity index (χ0n) is 12.4. The summed E-state index contributed by atoms with van der Waals surface area (Å²) in [6.07, 6.45) is 0. The average molecular weight is 304 g/mol. The number of ether oxygens (including phenoxy) is 1. The summed E-state index contributed by atoms with van der Waals surface area (Å²) in [6, 6.07) is 7.49. The van der Waals surface area contributed by atoms with Crippen LogP contribution in [0, 0.1) is 12.7 Å². The van der Waals surface area contributed by atoms with E-state index in [1.54, 1.807) is 26.2 Å². The van der Waals surface area contributed by atoms with Gasteiger partial charge < -0.3 is 15.4 Å². The topological polar surface area (TPSA) is 76.1 Å². The Morgan fingerprint density at radius 3 is 2.82 bits per heavy atom. The summed E-state index contributed by atoms with van der Waals surface area (Å²) in [5.41, 5.74) is 0.905. The number of carbonyl (C=O) groups is 1. The molecular formula is C15H17FN4O2. The molecule has 0 unspecified atom stereocenters. The van der Waals surface area contributed by atoms with Crippen LogP contribution in [0.25, 0.3) is 0 Å². The third kappa shape index (κ3) is 4.23. The SMILES string of the molecule is COCCNc1nc(C)cc(C(=O)Nc2ccccc2F)n1. The standard InChI is InChI=1S/C15H17FN4O2/c1-10-9-13(20-15(18-10)17-7-8-22-2)14(21)19-12-6-4-3-5-11(12)16/h3-6,9H,7-8H2,1-2H3,(H,19,21)(H,17,18,20). The van der Waals surface area contributed by atoms with E-state index in [1.165, 1.54) is 18.2 Å².